The average Bonchev–Trinajstić information content (AvgIpc) is 2.61. The fourth-order valence-electron chi connectivity index (χ4n) is 2.29. The van der Waals surface area contributed by atoms with Crippen LogP contribution in [0.3, 0.4) is 0 Å². The highest BCUT2D eigenvalue weighted by Crippen LogP contribution is 2.29. The standard InChI is InChI=1S/C17H12N2O6/c1-24-10-6-7-12(13(8-10)19(22)23)18-17(21)16-9-14(20)11-4-2-3-5-15(11)25-16/h2-9H,1H3,(H,18,21). The number of hydrogen-bond acceptors (Lipinski definition) is 6. The van der Waals surface area contributed by atoms with Gasteiger partial charge in [0.1, 0.15) is 17.0 Å². The van der Waals surface area contributed by atoms with E-state index in [1.54, 1.807) is 24.3 Å². The molecule has 0 saturated carbocycles. The van der Waals surface area contributed by atoms with Crippen LogP contribution in [0.4, 0.5) is 11.4 Å². The first-order valence-electron chi connectivity index (χ1n) is 7.16. The summed E-state index contributed by atoms with van der Waals surface area (Å²) in [6.45, 7) is 0. The summed E-state index contributed by atoms with van der Waals surface area (Å²) in [6, 6.07) is 11.5. The smallest absolute Gasteiger partial charge is 0.296 e. The van der Waals surface area contributed by atoms with Gasteiger partial charge in [-0.15, -0.1) is 0 Å². The number of nitrogens with zero attached hydrogens (tertiary/aromatic N) is 1. The van der Waals surface area contributed by atoms with E-state index in [-0.39, 0.29) is 33.9 Å². The van der Waals surface area contributed by atoms with E-state index < -0.39 is 10.8 Å². The molecule has 1 N–H and O–H groups in total. The Balaban J connectivity index is 1.98. The van der Waals surface area contributed by atoms with Gasteiger partial charge in [-0.05, 0) is 24.3 Å². The molecule has 1 amide bonds. The van der Waals surface area contributed by atoms with Crippen molar-refractivity contribution in [2.75, 3.05) is 12.4 Å². The highest BCUT2D eigenvalue weighted by Gasteiger charge is 2.19. The number of para-hydroxylation sites is 1. The zero-order valence-electron chi connectivity index (χ0n) is 13.0. The first kappa shape index (κ1) is 16.2. The summed E-state index contributed by atoms with van der Waals surface area (Å²) in [7, 11) is 1.38. The first-order chi connectivity index (χ1) is 12.0. The number of methoxy groups -OCH3 is 1. The summed E-state index contributed by atoms with van der Waals surface area (Å²) in [5.41, 5.74) is -0.497. The van der Waals surface area contributed by atoms with Gasteiger partial charge in [-0.2, -0.15) is 0 Å². The predicted molar refractivity (Wildman–Crippen MR) is 90.1 cm³/mol. The summed E-state index contributed by atoms with van der Waals surface area (Å²) in [4.78, 5) is 34.9. The Hall–Kier alpha value is -3.68. The monoisotopic (exact) mass is 340 g/mol. The number of hydrogen-bond donors (Lipinski definition) is 1. The van der Waals surface area contributed by atoms with Gasteiger partial charge < -0.3 is 14.5 Å². The van der Waals surface area contributed by atoms with Gasteiger partial charge in [-0.25, -0.2) is 0 Å². The average molecular weight is 340 g/mol. The molecule has 8 heteroatoms. The van der Waals surface area contributed by atoms with Gasteiger partial charge in [0, 0.05) is 6.07 Å². The van der Waals surface area contributed by atoms with Crippen LogP contribution in [0.15, 0.2) is 57.7 Å². The molecule has 8 nitrogen and oxygen atoms in total. The van der Waals surface area contributed by atoms with E-state index in [4.69, 9.17) is 9.15 Å². The number of anilines is 1. The second kappa shape index (κ2) is 6.44. The van der Waals surface area contributed by atoms with Crippen molar-refractivity contribution in [2.24, 2.45) is 0 Å². The summed E-state index contributed by atoms with van der Waals surface area (Å²) in [5.74, 6) is -0.730. The lowest BCUT2D eigenvalue weighted by atomic mass is 10.2. The number of carbonyl (C=O) groups excluding carboxylic acids is 1. The van der Waals surface area contributed by atoms with Crippen molar-refractivity contribution in [3.8, 4) is 5.75 Å². The van der Waals surface area contributed by atoms with Crippen LogP contribution in [0, 0.1) is 10.1 Å². The van der Waals surface area contributed by atoms with Gasteiger partial charge in [-0.1, -0.05) is 12.1 Å². The molecule has 0 saturated heterocycles. The number of amides is 1. The van der Waals surface area contributed by atoms with Crippen molar-refractivity contribution < 1.29 is 18.9 Å². The molecule has 0 fully saturated rings. The Kier molecular flexibility index (Phi) is 4.17. The molecular weight excluding hydrogens is 328 g/mol. The molecule has 0 aliphatic heterocycles. The molecule has 0 atom stereocenters. The molecule has 0 bridgehead atoms. The van der Waals surface area contributed by atoms with Gasteiger partial charge in [0.25, 0.3) is 11.6 Å². The lowest BCUT2D eigenvalue weighted by molar-refractivity contribution is -0.384. The number of fused-ring (bicyclic) bond motifs is 1. The van der Waals surface area contributed by atoms with Crippen LogP contribution >= 0.6 is 0 Å². The molecule has 25 heavy (non-hydrogen) atoms. The quantitative estimate of drug-likeness (QED) is 0.577. The van der Waals surface area contributed by atoms with Crippen LogP contribution in [-0.4, -0.2) is 17.9 Å². The fourth-order valence-corrected chi connectivity index (χ4v) is 2.29. The second-order valence-corrected chi connectivity index (χ2v) is 5.07. The van der Waals surface area contributed by atoms with E-state index in [9.17, 15) is 19.7 Å². The summed E-state index contributed by atoms with van der Waals surface area (Å²) in [5, 5.41) is 13.9. The van der Waals surface area contributed by atoms with Gasteiger partial charge in [0.05, 0.1) is 23.5 Å². The normalized spacial score (nSPS) is 10.4. The van der Waals surface area contributed by atoms with Crippen molar-refractivity contribution in [3.05, 3.63) is 74.6 Å². The SMILES string of the molecule is COc1ccc(NC(=O)c2cc(=O)c3ccccc3o2)c([N+](=O)[O-])c1. The summed E-state index contributed by atoms with van der Waals surface area (Å²) < 4.78 is 10.4. The van der Waals surface area contributed by atoms with Crippen LogP contribution in [0.25, 0.3) is 11.0 Å². The maximum Gasteiger partial charge on any atom is 0.296 e. The zero-order valence-corrected chi connectivity index (χ0v) is 13.0. The van der Waals surface area contributed by atoms with Gasteiger partial charge in [0.15, 0.2) is 11.2 Å². The number of nitro benzene ring substituents is 1. The lowest BCUT2D eigenvalue weighted by Crippen LogP contribution is -2.15. The first-order valence-corrected chi connectivity index (χ1v) is 7.16. The number of carbonyl (C=O) groups is 1. The number of benzene rings is 2. The molecule has 126 valence electrons. The van der Waals surface area contributed by atoms with Crippen LogP contribution in [-0.2, 0) is 0 Å². The molecule has 0 aliphatic carbocycles. The Bertz CT molecular complexity index is 1040. The van der Waals surface area contributed by atoms with E-state index in [0.717, 1.165) is 6.07 Å². The number of nitro groups is 1. The van der Waals surface area contributed by atoms with Crippen LogP contribution in [0.2, 0.25) is 0 Å². The van der Waals surface area contributed by atoms with Crippen LogP contribution in [0.1, 0.15) is 10.6 Å². The van der Waals surface area contributed by atoms with E-state index in [1.807, 2.05) is 0 Å². The Labute approximate surface area is 140 Å². The van der Waals surface area contributed by atoms with Crippen LogP contribution in [0.5, 0.6) is 5.75 Å². The van der Waals surface area contributed by atoms with E-state index in [1.165, 1.54) is 25.3 Å². The molecule has 1 aromatic heterocycles. The maximum absolute atomic E-state index is 12.3. The highest BCUT2D eigenvalue weighted by atomic mass is 16.6. The Morgan fingerprint density at radius 3 is 2.68 bits per heavy atom. The largest absolute Gasteiger partial charge is 0.496 e. The van der Waals surface area contributed by atoms with E-state index >= 15 is 0 Å². The van der Waals surface area contributed by atoms with Crippen molar-refractivity contribution in [1.82, 2.24) is 0 Å². The summed E-state index contributed by atoms with van der Waals surface area (Å²) >= 11 is 0. The van der Waals surface area contributed by atoms with E-state index in [0.29, 0.717) is 5.39 Å². The third-order valence-corrected chi connectivity index (χ3v) is 3.51. The zero-order chi connectivity index (χ0) is 18.0. The Morgan fingerprint density at radius 2 is 1.96 bits per heavy atom. The molecule has 0 radical (unpaired) electrons. The molecule has 2 aromatic carbocycles. The third-order valence-electron chi connectivity index (χ3n) is 3.51. The molecule has 0 unspecified atom stereocenters. The fraction of sp³-hybridized carbons (Fsp3) is 0.0588. The second-order valence-electron chi connectivity index (χ2n) is 5.07. The number of rotatable bonds is 4. The molecule has 3 rings (SSSR count). The highest BCUT2D eigenvalue weighted by molar-refractivity contribution is 6.04. The van der Waals surface area contributed by atoms with Gasteiger partial charge in [-0.3, -0.25) is 19.7 Å². The van der Waals surface area contributed by atoms with Crippen molar-refractivity contribution in [2.45, 2.75) is 0 Å². The van der Waals surface area contributed by atoms with E-state index in [2.05, 4.69) is 5.32 Å². The van der Waals surface area contributed by atoms with Crippen LogP contribution < -0.4 is 15.5 Å². The minimum absolute atomic E-state index is 0.0355. The minimum atomic E-state index is -0.767. The van der Waals surface area contributed by atoms with Crippen molar-refractivity contribution in [1.29, 1.82) is 0 Å². The lowest BCUT2D eigenvalue weighted by Gasteiger charge is -2.07. The topological polar surface area (TPSA) is 112 Å². The van der Waals surface area contributed by atoms with Gasteiger partial charge in [0.2, 0.25) is 0 Å². The number of ether oxygens (including phenoxy) is 1. The van der Waals surface area contributed by atoms with Crippen molar-refractivity contribution >= 4 is 28.3 Å². The number of nitrogens with one attached hydrogen (secondary N) is 1. The molecule has 3 aromatic rings. The Morgan fingerprint density at radius 1 is 1.20 bits per heavy atom. The molecular formula is C17H12N2O6. The van der Waals surface area contributed by atoms with Gasteiger partial charge >= 0.3 is 0 Å². The molecule has 1 heterocycles. The minimum Gasteiger partial charge on any atom is -0.496 e. The third kappa shape index (κ3) is 3.18. The van der Waals surface area contributed by atoms with Crippen molar-refractivity contribution in [3.63, 3.8) is 0 Å². The maximum atomic E-state index is 12.3. The molecule has 0 spiro atoms. The molecule has 0 aliphatic rings. The predicted octanol–water partition coefficient (Wildman–Crippen LogP) is 2.96. The summed E-state index contributed by atoms with van der Waals surface area (Å²) in [6.07, 6.45) is 0.